The quantitative estimate of drug-likeness (QED) is 0.903. The number of nitrogens with zero attached hydrogens (tertiary/aromatic N) is 1. The number of hydrogen-bond acceptors (Lipinski definition) is 3. The molecule has 1 fully saturated rings. The van der Waals surface area contributed by atoms with E-state index in [2.05, 4.69) is 17.9 Å². The molecule has 1 aromatic rings. The summed E-state index contributed by atoms with van der Waals surface area (Å²) in [5.74, 6) is 0. The number of piperidine rings is 1. The van der Waals surface area contributed by atoms with Crippen LogP contribution in [0.15, 0.2) is 11.4 Å². The van der Waals surface area contributed by atoms with E-state index in [9.17, 15) is 0 Å². The Morgan fingerprint density at radius 1 is 1.56 bits per heavy atom. The van der Waals surface area contributed by atoms with Crippen LogP contribution in [0, 0.1) is 0 Å². The molecule has 2 heterocycles. The topological polar surface area (TPSA) is 29.3 Å². The van der Waals surface area contributed by atoms with E-state index in [4.69, 9.17) is 17.3 Å². The van der Waals surface area contributed by atoms with Crippen LogP contribution >= 0.6 is 22.9 Å². The summed E-state index contributed by atoms with van der Waals surface area (Å²) in [6, 6.07) is 3.26. The molecule has 0 radical (unpaired) electrons. The largest absolute Gasteiger partial charge is 0.329 e. The van der Waals surface area contributed by atoms with Gasteiger partial charge in [-0.2, -0.15) is 0 Å². The van der Waals surface area contributed by atoms with E-state index in [1.54, 1.807) is 11.3 Å². The first-order chi connectivity index (χ1) is 7.70. The molecular weight excluding hydrogens is 240 g/mol. The molecule has 1 saturated heterocycles. The average molecular weight is 259 g/mol. The average Bonchev–Trinajstić information content (AvgIpc) is 2.67. The predicted molar refractivity (Wildman–Crippen MR) is 71.0 cm³/mol. The molecule has 0 bridgehead atoms. The third-order valence-corrected chi connectivity index (χ3v) is 4.70. The summed E-state index contributed by atoms with van der Waals surface area (Å²) in [4.78, 5) is 3.88. The van der Waals surface area contributed by atoms with Crippen LogP contribution in [0.4, 0.5) is 0 Å². The molecule has 2 atom stereocenters. The SMILES string of the molecule is CC1CCCC(CN)N1Cc1cc(Cl)cs1. The zero-order valence-electron chi connectivity index (χ0n) is 9.66. The van der Waals surface area contributed by atoms with Crippen molar-refractivity contribution in [2.75, 3.05) is 6.54 Å². The van der Waals surface area contributed by atoms with Gasteiger partial charge < -0.3 is 5.73 Å². The van der Waals surface area contributed by atoms with Crippen molar-refractivity contribution in [3.63, 3.8) is 0 Å². The van der Waals surface area contributed by atoms with Gasteiger partial charge in [-0.1, -0.05) is 18.0 Å². The molecule has 0 amide bonds. The molecule has 0 aliphatic carbocycles. The molecule has 2 nitrogen and oxygen atoms in total. The van der Waals surface area contributed by atoms with Crippen molar-refractivity contribution >= 4 is 22.9 Å². The van der Waals surface area contributed by atoms with Crippen molar-refractivity contribution < 1.29 is 0 Å². The summed E-state index contributed by atoms with van der Waals surface area (Å²) in [6.07, 6.45) is 3.83. The van der Waals surface area contributed by atoms with Crippen molar-refractivity contribution in [2.24, 2.45) is 5.73 Å². The molecule has 1 aliphatic rings. The summed E-state index contributed by atoms with van der Waals surface area (Å²) in [5.41, 5.74) is 5.85. The fourth-order valence-electron chi connectivity index (χ4n) is 2.50. The van der Waals surface area contributed by atoms with Gasteiger partial charge in [0.25, 0.3) is 0 Å². The van der Waals surface area contributed by atoms with Crippen molar-refractivity contribution in [3.8, 4) is 0 Å². The fraction of sp³-hybridized carbons (Fsp3) is 0.667. The lowest BCUT2D eigenvalue weighted by Crippen LogP contribution is -2.48. The number of rotatable bonds is 3. The second kappa shape index (κ2) is 5.50. The molecule has 1 aromatic heterocycles. The highest BCUT2D eigenvalue weighted by molar-refractivity contribution is 7.10. The minimum Gasteiger partial charge on any atom is -0.329 e. The Labute approximate surface area is 106 Å². The van der Waals surface area contributed by atoms with Gasteiger partial charge >= 0.3 is 0 Å². The van der Waals surface area contributed by atoms with Crippen LogP contribution in [-0.2, 0) is 6.54 Å². The second-order valence-corrected chi connectivity index (χ2v) is 6.01. The Kier molecular flexibility index (Phi) is 4.25. The van der Waals surface area contributed by atoms with Gasteiger partial charge in [-0.05, 0) is 25.8 Å². The van der Waals surface area contributed by atoms with E-state index in [1.807, 2.05) is 5.38 Å². The lowest BCUT2D eigenvalue weighted by atomic mass is 9.96. The maximum absolute atomic E-state index is 5.95. The molecule has 1 aliphatic heterocycles. The zero-order chi connectivity index (χ0) is 11.5. The molecule has 2 rings (SSSR count). The Morgan fingerprint density at radius 2 is 2.38 bits per heavy atom. The molecule has 0 aromatic carbocycles. The smallest absolute Gasteiger partial charge is 0.0516 e. The summed E-state index contributed by atoms with van der Waals surface area (Å²) in [5, 5.41) is 2.86. The number of hydrogen-bond donors (Lipinski definition) is 1. The molecule has 2 N–H and O–H groups in total. The van der Waals surface area contributed by atoms with E-state index in [-0.39, 0.29) is 0 Å². The summed E-state index contributed by atoms with van der Waals surface area (Å²) < 4.78 is 0. The summed E-state index contributed by atoms with van der Waals surface area (Å²) in [6.45, 7) is 4.07. The Morgan fingerprint density at radius 3 is 3.00 bits per heavy atom. The van der Waals surface area contributed by atoms with Gasteiger partial charge in [0.1, 0.15) is 0 Å². The standard InChI is InChI=1S/C12H19ClN2S/c1-9-3-2-4-11(6-14)15(9)7-12-5-10(13)8-16-12/h5,8-9,11H,2-4,6-7,14H2,1H3. The van der Waals surface area contributed by atoms with Crippen LogP contribution in [-0.4, -0.2) is 23.5 Å². The fourth-order valence-corrected chi connectivity index (χ4v) is 3.58. The van der Waals surface area contributed by atoms with E-state index in [0.29, 0.717) is 12.1 Å². The monoisotopic (exact) mass is 258 g/mol. The van der Waals surface area contributed by atoms with Crippen LogP contribution in [0.3, 0.4) is 0 Å². The van der Waals surface area contributed by atoms with E-state index in [1.165, 1.54) is 24.1 Å². The Hall–Kier alpha value is -0.0900. The third kappa shape index (κ3) is 2.77. The number of nitrogens with two attached hydrogens (primary N) is 1. The lowest BCUT2D eigenvalue weighted by molar-refractivity contribution is 0.0904. The van der Waals surface area contributed by atoms with Crippen LogP contribution < -0.4 is 5.73 Å². The van der Waals surface area contributed by atoms with Crippen LogP contribution in [0.25, 0.3) is 0 Å². The molecule has 0 saturated carbocycles. The Bertz CT molecular complexity index is 340. The highest BCUT2D eigenvalue weighted by Crippen LogP contribution is 2.27. The van der Waals surface area contributed by atoms with Gasteiger partial charge in [0.15, 0.2) is 0 Å². The van der Waals surface area contributed by atoms with Gasteiger partial charge in [-0.3, -0.25) is 4.90 Å². The first-order valence-electron chi connectivity index (χ1n) is 5.89. The zero-order valence-corrected chi connectivity index (χ0v) is 11.2. The van der Waals surface area contributed by atoms with E-state index in [0.717, 1.165) is 18.1 Å². The van der Waals surface area contributed by atoms with Crippen molar-refractivity contribution in [3.05, 3.63) is 21.3 Å². The number of likely N-dealkylation sites (tertiary alicyclic amines) is 1. The van der Waals surface area contributed by atoms with Crippen LogP contribution in [0.1, 0.15) is 31.1 Å². The van der Waals surface area contributed by atoms with Crippen molar-refractivity contribution in [1.82, 2.24) is 4.90 Å². The van der Waals surface area contributed by atoms with Crippen molar-refractivity contribution in [1.29, 1.82) is 0 Å². The van der Waals surface area contributed by atoms with E-state index >= 15 is 0 Å². The minimum atomic E-state index is 0.546. The van der Waals surface area contributed by atoms with Crippen LogP contribution in [0.2, 0.25) is 5.02 Å². The summed E-state index contributed by atoms with van der Waals surface area (Å²) >= 11 is 7.70. The van der Waals surface area contributed by atoms with Crippen LogP contribution in [0.5, 0.6) is 0 Å². The maximum Gasteiger partial charge on any atom is 0.0516 e. The third-order valence-electron chi connectivity index (χ3n) is 3.43. The van der Waals surface area contributed by atoms with Gasteiger partial charge in [-0.15, -0.1) is 11.3 Å². The van der Waals surface area contributed by atoms with Crippen molar-refractivity contribution in [2.45, 2.75) is 44.8 Å². The minimum absolute atomic E-state index is 0.546. The molecule has 2 unspecified atom stereocenters. The molecule has 16 heavy (non-hydrogen) atoms. The van der Waals surface area contributed by atoms with Gasteiger partial charge in [-0.25, -0.2) is 0 Å². The molecular formula is C12H19ClN2S. The first-order valence-corrected chi connectivity index (χ1v) is 7.15. The maximum atomic E-state index is 5.95. The van der Waals surface area contributed by atoms with Gasteiger partial charge in [0.2, 0.25) is 0 Å². The summed E-state index contributed by atoms with van der Waals surface area (Å²) in [7, 11) is 0. The van der Waals surface area contributed by atoms with Gasteiger partial charge in [0, 0.05) is 35.4 Å². The first kappa shape index (κ1) is 12.4. The highest BCUT2D eigenvalue weighted by Gasteiger charge is 2.26. The predicted octanol–water partition coefficient (Wildman–Crippen LogP) is 3.10. The van der Waals surface area contributed by atoms with E-state index < -0.39 is 0 Å². The molecule has 4 heteroatoms. The van der Waals surface area contributed by atoms with Gasteiger partial charge in [0.05, 0.1) is 5.02 Å². The molecule has 0 spiro atoms. The molecule has 90 valence electrons. The second-order valence-electron chi connectivity index (χ2n) is 4.57. The normalized spacial score (nSPS) is 27.2. The lowest BCUT2D eigenvalue weighted by Gasteiger charge is -2.40. The highest BCUT2D eigenvalue weighted by atomic mass is 35.5. The Balaban J connectivity index is 2.05. The number of halogens is 1. The number of thiophene rings is 1.